The Bertz CT molecular complexity index is 365. The van der Waals surface area contributed by atoms with Crippen LogP contribution in [0.2, 0.25) is 5.02 Å². The van der Waals surface area contributed by atoms with E-state index in [0.29, 0.717) is 17.9 Å². The van der Waals surface area contributed by atoms with Crippen molar-refractivity contribution < 1.29 is 4.79 Å². The number of hydrogen-bond donors (Lipinski definition) is 1. The zero-order valence-electron chi connectivity index (χ0n) is 8.19. The van der Waals surface area contributed by atoms with Crippen molar-refractivity contribution in [2.75, 3.05) is 0 Å². The van der Waals surface area contributed by atoms with E-state index in [4.69, 9.17) is 17.3 Å². The Labute approximate surface area is 92.9 Å². The highest BCUT2D eigenvalue weighted by molar-refractivity contribution is 6.30. The highest BCUT2D eigenvalue weighted by Crippen LogP contribution is 2.28. The summed E-state index contributed by atoms with van der Waals surface area (Å²) in [6.07, 6.45) is 5.10. The van der Waals surface area contributed by atoms with Gasteiger partial charge in [0, 0.05) is 24.7 Å². The standard InChI is InChI=1S/C10H12ClN3O/c11-7-4-13-10(14-5-7)6-1-2-9(15)8(12)3-6/h4-6,8H,1-3,12H2. The molecule has 2 N–H and O–H groups in total. The molecule has 4 nitrogen and oxygen atoms in total. The monoisotopic (exact) mass is 225 g/mol. The molecule has 1 aromatic rings. The lowest BCUT2D eigenvalue weighted by Gasteiger charge is -2.24. The van der Waals surface area contributed by atoms with Gasteiger partial charge in [0.2, 0.25) is 0 Å². The number of nitrogens with zero attached hydrogens (tertiary/aromatic N) is 2. The Morgan fingerprint density at radius 1 is 1.40 bits per heavy atom. The first kappa shape index (κ1) is 10.5. The number of nitrogens with two attached hydrogens (primary N) is 1. The number of ketones is 1. The van der Waals surface area contributed by atoms with E-state index in [9.17, 15) is 4.79 Å². The van der Waals surface area contributed by atoms with Crippen molar-refractivity contribution >= 4 is 17.4 Å². The van der Waals surface area contributed by atoms with Gasteiger partial charge >= 0.3 is 0 Å². The van der Waals surface area contributed by atoms with Gasteiger partial charge in [-0.2, -0.15) is 0 Å². The molecule has 2 atom stereocenters. The second-order valence-electron chi connectivity index (χ2n) is 3.80. The van der Waals surface area contributed by atoms with Crippen molar-refractivity contribution in [1.29, 1.82) is 0 Å². The van der Waals surface area contributed by atoms with Crippen LogP contribution in [0, 0.1) is 0 Å². The first-order chi connectivity index (χ1) is 7.16. The van der Waals surface area contributed by atoms with Crippen LogP contribution in [-0.2, 0) is 4.79 Å². The van der Waals surface area contributed by atoms with Gasteiger partial charge in [0.05, 0.1) is 11.1 Å². The Kier molecular flexibility index (Phi) is 2.98. The average Bonchev–Trinajstić information content (AvgIpc) is 2.23. The van der Waals surface area contributed by atoms with E-state index in [1.165, 1.54) is 0 Å². The molecule has 0 saturated heterocycles. The maximum atomic E-state index is 11.2. The van der Waals surface area contributed by atoms with Gasteiger partial charge in [0.15, 0.2) is 0 Å². The first-order valence-electron chi connectivity index (χ1n) is 4.92. The van der Waals surface area contributed by atoms with Crippen molar-refractivity contribution in [3.8, 4) is 0 Å². The fraction of sp³-hybridized carbons (Fsp3) is 0.500. The quantitative estimate of drug-likeness (QED) is 0.782. The Balaban J connectivity index is 2.12. The average molecular weight is 226 g/mol. The zero-order valence-corrected chi connectivity index (χ0v) is 8.94. The summed E-state index contributed by atoms with van der Waals surface area (Å²) in [7, 11) is 0. The molecule has 2 rings (SSSR count). The molecule has 1 heterocycles. The van der Waals surface area contributed by atoms with Crippen LogP contribution in [0.3, 0.4) is 0 Å². The smallest absolute Gasteiger partial charge is 0.149 e. The van der Waals surface area contributed by atoms with E-state index < -0.39 is 0 Å². The molecule has 1 aliphatic carbocycles. The van der Waals surface area contributed by atoms with Crippen LogP contribution in [0.1, 0.15) is 31.0 Å². The van der Waals surface area contributed by atoms with Crippen LogP contribution in [0.4, 0.5) is 0 Å². The lowest BCUT2D eigenvalue weighted by molar-refractivity contribution is -0.121. The van der Waals surface area contributed by atoms with E-state index in [-0.39, 0.29) is 17.7 Å². The van der Waals surface area contributed by atoms with Crippen LogP contribution in [-0.4, -0.2) is 21.8 Å². The summed E-state index contributed by atoms with van der Waals surface area (Å²) >= 11 is 5.70. The summed E-state index contributed by atoms with van der Waals surface area (Å²) < 4.78 is 0. The van der Waals surface area contributed by atoms with Gasteiger partial charge in [0.25, 0.3) is 0 Å². The van der Waals surface area contributed by atoms with Gasteiger partial charge in [-0.15, -0.1) is 0 Å². The molecule has 0 bridgehead atoms. The fourth-order valence-corrected chi connectivity index (χ4v) is 1.92. The minimum atomic E-state index is -0.358. The van der Waals surface area contributed by atoms with Crippen LogP contribution in [0.5, 0.6) is 0 Å². The summed E-state index contributed by atoms with van der Waals surface area (Å²) in [5, 5.41) is 0.523. The summed E-state index contributed by atoms with van der Waals surface area (Å²) in [5.41, 5.74) is 5.70. The van der Waals surface area contributed by atoms with Crippen molar-refractivity contribution in [2.24, 2.45) is 5.73 Å². The molecule has 1 saturated carbocycles. The molecule has 0 aromatic carbocycles. The molecule has 1 aromatic heterocycles. The number of hydrogen-bond acceptors (Lipinski definition) is 4. The number of halogens is 1. The topological polar surface area (TPSA) is 68.9 Å². The van der Waals surface area contributed by atoms with E-state index in [1.54, 1.807) is 12.4 Å². The second kappa shape index (κ2) is 4.24. The molecule has 15 heavy (non-hydrogen) atoms. The Morgan fingerprint density at radius 3 is 2.67 bits per heavy atom. The SMILES string of the molecule is NC1CC(c2ncc(Cl)cn2)CCC1=O. The minimum absolute atomic E-state index is 0.139. The highest BCUT2D eigenvalue weighted by atomic mass is 35.5. The lowest BCUT2D eigenvalue weighted by atomic mass is 9.85. The van der Waals surface area contributed by atoms with Crippen LogP contribution >= 0.6 is 11.6 Å². The second-order valence-corrected chi connectivity index (χ2v) is 4.24. The largest absolute Gasteiger partial charge is 0.321 e. The van der Waals surface area contributed by atoms with Gasteiger partial charge in [-0.05, 0) is 12.8 Å². The number of Topliss-reactive ketones (excluding diaryl/α,β-unsaturated/α-hetero) is 1. The molecule has 1 aliphatic rings. The van der Waals surface area contributed by atoms with E-state index >= 15 is 0 Å². The number of aromatic nitrogens is 2. The normalized spacial score (nSPS) is 26.7. The molecule has 80 valence electrons. The third kappa shape index (κ3) is 2.33. The van der Waals surface area contributed by atoms with Crippen molar-refractivity contribution in [3.63, 3.8) is 0 Å². The molecule has 2 unspecified atom stereocenters. The van der Waals surface area contributed by atoms with E-state index in [2.05, 4.69) is 9.97 Å². The van der Waals surface area contributed by atoms with Gasteiger partial charge in [-0.1, -0.05) is 11.6 Å². The molecular formula is C10H12ClN3O. The van der Waals surface area contributed by atoms with Crippen LogP contribution < -0.4 is 5.73 Å². The maximum Gasteiger partial charge on any atom is 0.149 e. The predicted molar refractivity (Wildman–Crippen MR) is 56.6 cm³/mol. The number of rotatable bonds is 1. The molecule has 0 radical (unpaired) electrons. The van der Waals surface area contributed by atoms with Crippen molar-refractivity contribution in [3.05, 3.63) is 23.2 Å². The highest BCUT2D eigenvalue weighted by Gasteiger charge is 2.28. The van der Waals surface area contributed by atoms with Crippen LogP contribution in [0.15, 0.2) is 12.4 Å². The summed E-state index contributed by atoms with van der Waals surface area (Å²) in [6, 6.07) is -0.358. The summed E-state index contributed by atoms with van der Waals surface area (Å²) in [6.45, 7) is 0. The van der Waals surface area contributed by atoms with Gasteiger partial charge in [-0.25, -0.2) is 9.97 Å². The van der Waals surface area contributed by atoms with E-state index in [1.807, 2.05) is 0 Å². The van der Waals surface area contributed by atoms with Crippen molar-refractivity contribution in [1.82, 2.24) is 9.97 Å². The summed E-state index contributed by atoms with van der Waals surface area (Å²) in [5.74, 6) is 1.07. The molecule has 5 heteroatoms. The van der Waals surface area contributed by atoms with Gasteiger partial charge in [-0.3, -0.25) is 4.79 Å². The Hall–Kier alpha value is -1.00. The van der Waals surface area contributed by atoms with Crippen LogP contribution in [0.25, 0.3) is 0 Å². The fourth-order valence-electron chi connectivity index (χ4n) is 1.83. The minimum Gasteiger partial charge on any atom is -0.321 e. The molecule has 0 spiro atoms. The van der Waals surface area contributed by atoms with Gasteiger partial charge < -0.3 is 5.73 Å². The maximum absolute atomic E-state index is 11.2. The molecular weight excluding hydrogens is 214 g/mol. The lowest BCUT2D eigenvalue weighted by Crippen LogP contribution is -2.36. The first-order valence-corrected chi connectivity index (χ1v) is 5.30. The summed E-state index contributed by atoms with van der Waals surface area (Å²) in [4.78, 5) is 19.5. The number of carbonyl (C=O) groups is 1. The molecule has 0 aliphatic heterocycles. The zero-order chi connectivity index (χ0) is 10.8. The number of carbonyl (C=O) groups excluding carboxylic acids is 1. The van der Waals surface area contributed by atoms with E-state index in [0.717, 1.165) is 12.2 Å². The third-order valence-electron chi connectivity index (χ3n) is 2.70. The Morgan fingerprint density at radius 2 is 2.07 bits per heavy atom. The molecule has 0 amide bonds. The van der Waals surface area contributed by atoms with Crippen molar-refractivity contribution in [2.45, 2.75) is 31.2 Å². The predicted octanol–water partition coefficient (Wildman–Crippen LogP) is 1.29. The van der Waals surface area contributed by atoms with Gasteiger partial charge in [0.1, 0.15) is 11.6 Å². The third-order valence-corrected chi connectivity index (χ3v) is 2.89. The molecule has 1 fully saturated rings.